The smallest absolute Gasteiger partial charge is 0.243 e. The molecular formula is C25H26FN5O3. The van der Waals surface area contributed by atoms with Crippen LogP contribution in [0.15, 0.2) is 42.6 Å². The second-order valence-electron chi connectivity index (χ2n) is 8.95. The minimum absolute atomic E-state index is 0.0502. The molecule has 0 atom stereocenters. The summed E-state index contributed by atoms with van der Waals surface area (Å²) in [6.45, 7) is 0.296. The largest absolute Gasteiger partial charge is 0.490 e. The van der Waals surface area contributed by atoms with E-state index in [0.717, 1.165) is 43.4 Å². The van der Waals surface area contributed by atoms with Gasteiger partial charge in [0.1, 0.15) is 29.7 Å². The summed E-state index contributed by atoms with van der Waals surface area (Å²) in [5.41, 5.74) is 2.25. The molecule has 0 unspecified atom stereocenters. The number of rotatable bonds is 8. The summed E-state index contributed by atoms with van der Waals surface area (Å²) in [7, 11) is 1.80. The van der Waals surface area contributed by atoms with Crippen LogP contribution in [0.2, 0.25) is 0 Å². The third-order valence-corrected chi connectivity index (χ3v) is 6.06. The predicted octanol–water partition coefficient (Wildman–Crippen LogP) is 3.15. The zero-order valence-electron chi connectivity index (χ0n) is 18.9. The summed E-state index contributed by atoms with van der Waals surface area (Å²) >= 11 is 0. The molecule has 1 aromatic carbocycles. The van der Waals surface area contributed by atoms with Gasteiger partial charge in [-0.1, -0.05) is 6.07 Å². The van der Waals surface area contributed by atoms with E-state index in [1.54, 1.807) is 42.4 Å². The van der Waals surface area contributed by atoms with Gasteiger partial charge in [-0.3, -0.25) is 9.78 Å². The van der Waals surface area contributed by atoms with E-state index in [4.69, 9.17) is 14.7 Å². The van der Waals surface area contributed by atoms with E-state index < -0.39 is 11.4 Å². The third kappa shape index (κ3) is 4.99. The molecule has 2 aliphatic carbocycles. The van der Waals surface area contributed by atoms with Gasteiger partial charge in [0.05, 0.1) is 12.1 Å². The van der Waals surface area contributed by atoms with Gasteiger partial charge >= 0.3 is 0 Å². The van der Waals surface area contributed by atoms with Gasteiger partial charge in [-0.15, -0.1) is 0 Å². The first kappa shape index (κ1) is 22.2. The number of aliphatic hydroxyl groups is 1. The van der Waals surface area contributed by atoms with Gasteiger partial charge in [0.2, 0.25) is 5.91 Å². The van der Waals surface area contributed by atoms with Gasteiger partial charge in [-0.2, -0.15) is 0 Å². The fourth-order valence-electron chi connectivity index (χ4n) is 4.03. The van der Waals surface area contributed by atoms with Crippen LogP contribution in [0.1, 0.15) is 30.5 Å². The van der Waals surface area contributed by atoms with Crippen LogP contribution in [-0.4, -0.2) is 51.8 Å². The minimum Gasteiger partial charge on any atom is -0.490 e. The summed E-state index contributed by atoms with van der Waals surface area (Å²) in [6.07, 6.45) is 5.79. The molecule has 9 heteroatoms. The molecule has 0 bridgehead atoms. The molecule has 5 rings (SSSR count). The van der Waals surface area contributed by atoms with Crippen molar-refractivity contribution >= 4 is 17.4 Å². The van der Waals surface area contributed by atoms with Crippen molar-refractivity contribution in [1.82, 2.24) is 15.0 Å². The number of amides is 1. The van der Waals surface area contributed by atoms with Gasteiger partial charge in [0.15, 0.2) is 5.82 Å². The van der Waals surface area contributed by atoms with Crippen LogP contribution in [0.3, 0.4) is 0 Å². The van der Waals surface area contributed by atoms with E-state index >= 15 is 0 Å². The van der Waals surface area contributed by atoms with Crippen molar-refractivity contribution < 1.29 is 19.0 Å². The minimum atomic E-state index is -0.713. The Morgan fingerprint density at radius 1 is 1.24 bits per heavy atom. The summed E-state index contributed by atoms with van der Waals surface area (Å²) in [5, 5.41) is 12.8. The molecule has 0 aliphatic heterocycles. The Morgan fingerprint density at radius 2 is 2.09 bits per heavy atom. The number of hydrogen-bond donors (Lipinski definition) is 2. The Labute approximate surface area is 196 Å². The van der Waals surface area contributed by atoms with Crippen molar-refractivity contribution in [2.45, 2.75) is 37.7 Å². The molecule has 1 amide bonds. The van der Waals surface area contributed by atoms with Crippen LogP contribution in [0.4, 0.5) is 15.9 Å². The zero-order chi connectivity index (χ0) is 23.7. The standard InChI is InChI=1S/C25H26FN5O3/c1-31(14-22(32)28-17-5-2-4-16(26)12-17)24-19-6-3-7-20(19)29-23(30-24)21-13-18(8-11-27-21)34-15-25(33)9-10-25/h2,4-5,8,11-13,33H,3,6-7,9-10,14-15H2,1H3,(H,28,32). The summed E-state index contributed by atoms with van der Waals surface area (Å²) in [4.78, 5) is 28.3. The van der Waals surface area contributed by atoms with Gasteiger partial charge in [-0.25, -0.2) is 14.4 Å². The lowest BCUT2D eigenvalue weighted by molar-refractivity contribution is -0.114. The fraction of sp³-hybridized carbons (Fsp3) is 0.360. The van der Waals surface area contributed by atoms with Crippen LogP contribution in [-0.2, 0) is 17.6 Å². The average Bonchev–Trinajstić information content (AvgIpc) is 3.36. The maximum absolute atomic E-state index is 13.4. The van der Waals surface area contributed by atoms with Crippen LogP contribution >= 0.6 is 0 Å². The first-order chi connectivity index (χ1) is 16.4. The van der Waals surface area contributed by atoms with E-state index in [1.807, 2.05) is 0 Å². The van der Waals surface area contributed by atoms with Crippen molar-refractivity contribution in [3.05, 3.63) is 59.7 Å². The zero-order valence-corrected chi connectivity index (χ0v) is 18.9. The van der Waals surface area contributed by atoms with Gasteiger partial charge in [0.25, 0.3) is 0 Å². The number of halogens is 1. The molecule has 176 valence electrons. The first-order valence-electron chi connectivity index (χ1n) is 11.4. The van der Waals surface area contributed by atoms with Crippen molar-refractivity contribution in [2.24, 2.45) is 0 Å². The molecule has 2 heterocycles. The number of fused-ring (bicyclic) bond motifs is 1. The number of pyridine rings is 1. The Balaban J connectivity index is 1.36. The Bertz CT molecular complexity index is 1230. The lowest BCUT2D eigenvalue weighted by atomic mass is 10.2. The van der Waals surface area contributed by atoms with Crippen LogP contribution in [0.5, 0.6) is 5.75 Å². The molecule has 0 radical (unpaired) electrons. The van der Waals surface area contributed by atoms with Crippen molar-refractivity contribution in [3.8, 4) is 17.3 Å². The molecule has 2 aromatic heterocycles. The number of ether oxygens (including phenoxy) is 1. The first-order valence-corrected chi connectivity index (χ1v) is 11.4. The molecule has 2 N–H and O–H groups in total. The fourth-order valence-corrected chi connectivity index (χ4v) is 4.03. The highest BCUT2D eigenvalue weighted by Crippen LogP contribution is 2.36. The lowest BCUT2D eigenvalue weighted by Crippen LogP contribution is -2.31. The third-order valence-electron chi connectivity index (χ3n) is 6.06. The maximum atomic E-state index is 13.4. The lowest BCUT2D eigenvalue weighted by Gasteiger charge is -2.21. The van der Waals surface area contributed by atoms with Crippen LogP contribution in [0.25, 0.3) is 11.5 Å². The molecule has 34 heavy (non-hydrogen) atoms. The van der Waals surface area contributed by atoms with Gasteiger partial charge in [0, 0.05) is 36.3 Å². The molecule has 1 saturated carbocycles. The number of aryl methyl sites for hydroxylation is 1. The Kier molecular flexibility index (Phi) is 5.87. The number of nitrogens with one attached hydrogen (secondary N) is 1. The molecule has 2 aliphatic rings. The Morgan fingerprint density at radius 3 is 2.88 bits per heavy atom. The van der Waals surface area contributed by atoms with Gasteiger partial charge in [-0.05, 0) is 56.4 Å². The summed E-state index contributed by atoms with van der Waals surface area (Å²) < 4.78 is 19.2. The number of anilines is 2. The average molecular weight is 464 g/mol. The highest BCUT2D eigenvalue weighted by Gasteiger charge is 2.41. The number of benzene rings is 1. The van der Waals surface area contributed by atoms with Crippen molar-refractivity contribution in [2.75, 3.05) is 30.4 Å². The second kappa shape index (κ2) is 8.98. The number of carbonyl (C=O) groups excluding carboxylic acids is 1. The van der Waals surface area contributed by atoms with Crippen molar-refractivity contribution in [1.29, 1.82) is 0 Å². The number of nitrogens with zero attached hydrogens (tertiary/aromatic N) is 4. The summed E-state index contributed by atoms with van der Waals surface area (Å²) in [5.74, 6) is 1.07. The maximum Gasteiger partial charge on any atom is 0.243 e. The van der Waals surface area contributed by atoms with E-state index in [9.17, 15) is 14.3 Å². The molecule has 3 aromatic rings. The topological polar surface area (TPSA) is 100 Å². The number of aromatic nitrogens is 3. The van der Waals surface area contributed by atoms with Crippen LogP contribution in [0, 0.1) is 5.82 Å². The van der Waals surface area contributed by atoms with Gasteiger partial charge < -0.3 is 20.1 Å². The number of carbonyl (C=O) groups is 1. The number of likely N-dealkylation sites (N-methyl/N-ethyl adjacent to an activating group) is 1. The van der Waals surface area contributed by atoms with E-state index in [-0.39, 0.29) is 19.1 Å². The molecule has 0 spiro atoms. The predicted molar refractivity (Wildman–Crippen MR) is 125 cm³/mol. The molecule has 0 saturated heterocycles. The summed E-state index contributed by atoms with van der Waals surface area (Å²) in [6, 6.07) is 9.31. The molecule has 8 nitrogen and oxygen atoms in total. The van der Waals surface area contributed by atoms with Crippen molar-refractivity contribution in [3.63, 3.8) is 0 Å². The normalized spacial score (nSPS) is 15.5. The second-order valence-corrected chi connectivity index (χ2v) is 8.95. The SMILES string of the molecule is CN(CC(=O)Nc1cccc(F)c1)c1nc(-c2cc(OCC3(O)CC3)ccn2)nc2c1CCC2. The van der Waals surface area contributed by atoms with E-state index in [1.165, 1.54) is 12.1 Å². The number of hydrogen-bond acceptors (Lipinski definition) is 7. The molecular weight excluding hydrogens is 437 g/mol. The van der Waals surface area contributed by atoms with E-state index in [2.05, 4.69) is 10.3 Å². The monoisotopic (exact) mass is 463 g/mol. The highest BCUT2D eigenvalue weighted by molar-refractivity contribution is 5.94. The van der Waals surface area contributed by atoms with E-state index in [0.29, 0.717) is 28.8 Å². The molecule has 1 fully saturated rings. The highest BCUT2D eigenvalue weighted by atomic mass is 19.1. The Hall–Kier alpha value is -3.59. The quantitative estimate of drug-likeness (QED) is 0.529. The van der Waals surface area contributed by atoms with Crippen LogP contribution < -0.4 is 15.0 Å².